The Morgan fingerprint density at radius 3 is 2.36 bits per heavy atom. The molecule has 5 heteroatoms. The van der Waals surface area contributed by atoms with Gasteiger partial charge in [-0.15, -0.1) is 0 Å². The molecule has 3 aliphatic rings. The number of hydrogen-bond donors (Lipinski definition) is 1. The highest BCUT2D eigenvalue weighted by atomic mass is 16.2. The van der Waals surface area contributed by atoms with Crippen molar-refractivity contribution in [2.75, 3.05) is 45.8 Å². The molecular formula is C28H34N4O. The Morgan fingerprint density at radius 1 is 0.939 bits per heavy atom. The number of carbonyl (C=O) groups is 1. The minimum absolute atomic E-state index is 0.120. The number of amides is 2. The average molecular weight is 443 g/mol. The van der Waals surface area contributed by atoms with E-state index in [1.165, 1.54) is 16.7 Å². The van der Waals surface area contributed by atoms with Crippen LogP contribution in [-0.4, -0.2) is 66.5 Å². The lowest BCUT2D eigenvalue weighted by Gasteiger charge is -2.42. The fourth-order valence-corrected chi connectivity index (χ4v) is 5.24. The van der Waals surface area contributed by atoms with Crippen molar-refractivity contribution in [3.05, 3.63) is 90.1 Å². The van der Waals surface area contributed by atoms with Crippen LogP contribution in [0, 0.1) is 5.92 Å². The third-order valence-corrected chi connectivity index (χ3v) is 7.17. The van der Waals surface area contributed by atoms with Gasteiger partial charge in [0, 0.05) is 45.8 Å². The van der Waals surface area contributed by atoms with Crippen molar-refractivity contribution >= 4 is 11.6 Å². The Morgan fingerprint density at radius 2 is 1.67 bits per heavy atom. The van der Waals surface area contributed by atoms with E-state index >= 15 is 0 Å². The molecule has 0 aromatic heterocycles. The molecule has 5 nitrogen and oxygen atoms in total. The van der Waals surface area contributed by atoms with Gasteiger partial charge >= 0.3 is 6.03 Å². The highest BCUT2D eigenvalue weighted by Gasteiger charge is 2.33. The largest absolute Gasteiger partial charge is 0.373 e. The van der Waals surface area contributed by atoms with E-state index in [1.54, 1.807) is 0 Å². The van der Waals surface area contributed by atoms with Crippen LogP contribution < -0.4 is 5.32 Å². The van der Waals surface area contributed by atoms with Crippen LogP contribution in [0.2, 0.25) is 0 Å². The molecular weight excluding hydrogens is 408 g/mol. The Hall–Kier alpha value is -3.05. The summed E-state index contributed by atoms with van der Waals surface area (Å²) in [5.41, 5.74) is 3.80. The van der Waals surface area contributed by atoms with Gasteiger partial charge in [-0.25, -0.2) is 4.79 Å². The number of piperazine rings is 1. The Bertz CT molecular complexity index is 979. The first-order valence-electron chi connectivity index (χ1n) is 12.3. The minimum atomic E-state index is 0.120. The third-order valence-electron chi connectivity index (χ3n) is 7.17. The molecule has 0 radical (unpaired) electrons. The molecule has 0 bridgehead atoms. The van der Waals surface area contributed by atoms with E-state index in [0.29, 0.717) is 5.92 Å². The third kappa shape index (κ3) is 5.14. The SMILES string of the molecule is O=C(N1CCC(CN2C=CC(c3ccccc3)=CC2)CC1)N1CCNC[C@H]1c1ccccc1. The fraction of sp³-hybridized carbons (Fsp3) is 0.393. The molecule has 5 rings (SSSR count). The van der Waals surface area contributed by atoms with Crippen molar-refractivity contribution in [3.63, 3.8) is 0 Å². The first kappa shape index (κ1) is 21.8. The van der Waals surface area contributed by atoms with Gasteiger partial charge in [0.2, 0.25) is 0 Å². The zero-order valence-corrected chi connectivity index (χ0v) is 19.3. The van der Waals surface area contributed by atoms with Crippen LogP contribution in [0.4, 0.5) is 4.79 Å². The molecule has 2 aromatic rings. The van der Waals surface area contributed by atoms with Crippen LogP contribution in [-0.2, 0) is 0 Å². The zero-order chi connectivity index (χ0) is 22.5. The quantitative estimate of drug-likeness (QED) is 0.764. The number of carbonyl (C=O) groups excluding carboxylic acids is 1. The molecule has 0 spiro atoms. The molecule has 2 fully saturated rings. The number of allylic oxidation sites excluding steroid dienone is 2. The monoisotopic (exact) mass is 442 g/mol. The van der Waals surface area contributed by atoms with Crippen LogP contribution in [0.5, 0.6) is 0 Å². The fourth-order valence-electron chi connectivity index (χ4n) is 5.24. The van der Waals surface area contributed by atoms with Crippen molar-refractivity contribution in [1.29, 1.82) is 0 Å². The summed E-state index contributed by atoms with van der Waals surface area (Å²) in [6.45, 7) is 6.20. The number of nitrogens with one attached hydrogen (secondary N) is 1. The summed E-state index contributed by atoms with van der Waals surface area (Å²) in [6, 6.07) is 21.3. The van der Waals surface area contributed by atoms with E-state index in [-0.39, 0.29) is 12.1 Å². The van der Waals surface area contributed by atoms with E-state index in [9.17, 15) is 4.79 Å². The minimum Gasteiger partial charge on any atom is -0.373 e. The smallest absolute Gasteiger partial charge is 0.320 e. The first-order chi connectivity index (χ1) is 16.3. The molecule has 0 unspecified atom stereocenters. The lowest BCUT2D eigenvalue weighted by Crippen LogP contribution is -2.54. The van der Waals surface area contributed by atoms with E-state index in [1.807, 2.05) is 6.07 Å². The van der Waals surface area contributed by atoms with Crippen molar-refractivity contribution in [2.45, 2.75) is 18.9 Å². The number of rotatable bonds is 4. The average Bonchev–Trinajstić information content (AvgIpc) is 2.90. The summed E-state index contributed by atoms with van der Waals surface area (Å²) < 4.78 is 0. The molecule has 2 amide bonds. The maximum Gasteiger partial charge on any atom is 0.320 e. The molecule has 3 heterocycles. The highest BCUT2D eigenvalue weighted by molar-refractivity contribution is 5.75. The van der Waals surface area contributed by atoms with Crippen LogP contribution in [0.1, 0.15) is 30.0 Å². The van der Waals surface area contributed by atoms with Gasteiger partial charge in [0.05, 0.1) is 6.04 Å². The predicted octanol–water partition coefficient (Wildman–Crippen LogP) is 4.38. The van der Waals surface area contributed by atoms with Crippen LogP contribution in [0.25, 0.3) is 5.57 Å². The van der Waals surface area contributed by atoms with Gasteiger partial charge in [-0.1, -0.05) is 66.7 Å². The number of likely N-dealkylation sites (tertiary alicyclic amines) is 1. The standard InChI is InChI=1S/C28H34N4O/c33-28(32-20-15-29-21-27(32)26-9-5-2-6-10-26)31-18-11-23(12-19-31)22-30-16-13-25(14-17-30)24-7-3-1-4-8-24/h1-10,13-14,16,23,27,29H,11-12,15,17-22H2/t27-/m0/s1. The Balaban J connectivity index is 1.13. The lowest BCUT2D eigenvalue weighted by molar-refractivity contribution is 0.102. The molecule has 1 N–H and O–H groups in total. The molecule has 0 aliphatic carbocycles. The van der Waals surface area contributed by atoms with Gasteiger partial charge in [0.1, 0.15) is 0 Å². The summed E-state index contributed by atoms with van der Waals surface area (Å²) in [5.74, 6) is 0.637. The van der Waals surface area contributed by atoms with E-state index in [2.05, 4.69) is 93.0 Å². The van der Waals surface area contributed by atoms with Gasteiger partial charge in [-0.05, 0) is 47.7 Å². The highest BCUT2D eigenvalue weighted by Crippen LogP contribution is 2.27. The van der Waals surface area contributed by atoms with E-state index in [4.69, 9.17) is 0 Å². The van der Waals surface area contributed by atoms with E-state index < -0.39 is 0 Å². The molecule has 3 aliphatic heterocycles. The van der Waals surface area contributed by atoms with Gasteiger partial charge in [0.25, 0.3) is 0 Å². The summed E-state index contributed by atoms with van der Waals surface area (Å²) in [6.07, 6.45) is 8.94. The van der Waals surface area contributed by atoms with Gasteiger partial charge in [-0.2, -0.15) is 0 Å². The Labute approximate surface area is 197 Å². The summed E-state index contributed by atoms with van der Waals surface area (Å²) in [4.78, 5) is 20.0. The maximum absolute atomic E-state index is 13.4. The lowest BCUT2D eigenvalue weighted by atomic mass is 9.95. The molecule has 2 saturated heterocycles. The number of nitrogens with zero attached hydrogens (tertiary/aromatic N) is 3. The number of piperidine rings is 1. The molecule has 172 valence electrons. The van der Waals surface area contributed by atoms with Gasteiger partial charge < -0.3 is 20.0 Å². The van der Waals surface area contributed by atoms with Crippen LogP contribution in [0.15, 0.2) is 79.0 Å². The van der Waals surface area contributed by atoms with Gasteiger partial charge in [-0.3, -0.25) is 0 Å². The second-order valence-electron chi connectivity index (χ2n) is 9.33. The first-order valence-corrected chi connectivity index (χ1v) is 12.3. The van der Waals surface area contributed by atoms with Crippen LogP contribution in [0.3, 0.4) is 0 Å². The summed E-state index contributed by atoms with van der Waals surface area (Å²) >= 11 is 0. The predicted molar refractivity (Wildman–Crippen MR) is 134 cm³/mol. The molecule has 2 aromatic carbocycles. The van der Waals surface area contributed by atoms with Crippen molar-refractivity contribution in [2.24, 2.45) is 5.92 Å². The second kappa shape index (κ2) is 10.3. The Kier molecular flexibility index (Phi) is 6.77. The van der Waals surface area contributed by atoms with Crippen LogP contribution >= 0.6 is 0 Å². The topological polar surface area (TPSA) is 38.8 Å². The maximum atomic E-state index is 13.4. The van der Waals surface area contributed by atoms with Crippen molar-refractivity contribution in [3.8, 4) is 0 Å². The van der Waals surface area contributed by atoms with Gasteiger partial charge in [0.15, 0.2) is 0 Å². The van der Waals surface area contributed by atoms with Crippen molar-refractivity contribution < 1.29 is 4.79 Å². The number of urea groups is 1. The van der Waals surface area contributed by atoms with Crippen molar-refractivity contribution in [1.82, 2.24) is 20.0 Å². The molecule has 0 saturated carbocycles. The number of hydrogen-bond acceptors (Lipinski definition) is 3. The molecule has 1 atom stereocenters. The normalized spacial score (nSPS) is 21.8. The molecule has 33 heavy (non-hydrogen) atoms. The zero-order valence-electron chi connectivity index (χ0n) is 19.3. The van der Waals surface area contributed by atoms with E-state index in [0.717, 1.165) is 58.7 Å². The number of benzene rings is 2. The summed E-state index contributed by atoms with van der Waals surface area (Å²) in [5, 5.41) is 3.46. The second-order valence-corrected chi connectivity index (χ2v) is 9.33. The summed E-state index contributed by atoms with van der Waals surface area (Å²) in [7, 11) is 0.